The molecule has 0 spiro atoms. The molecule has 198 valence electrons. The van der Waals surface area contributed by atoms with Crippen LogP contribution in [0.2, 0.25) is 5.02 Å². The Morgan fingerprint density at radius 2 is 1.79 bits per heavy atom. The van der Waals surface area contributed by atoms with Gasteiger partial charge in [0.05, 0.1) is 41.4 Å². The molecule has 7 nitrogen and oxygen atoms in total. The van der Waals surface area contributed by atoms with E-state index in [9.17, 15) is 14.9 Å². The number of fused-ring (bicyclic) bond motifs is 1. The Hall–Kier alpha value is -3.93. The maximum Gasteiger partial charge on any atom is 0.338 e. The highest BCUT2D eigenvalue weighted by Gasteiger charge is 2.38. The number of carbonyl (C=O) groups is 2. The zero-order valence-electron chi connectivity index (χ0n) is 21.3. The lowest BCUT2D eigenvalue weighted by atomic mass is 9.86. The van der Waals surface area contributed by atoms with Gasteiger partial charge < -0.3 is 14.4 Å². The van der Waals surface area contributed by atoms with Gasteiger partial charge in [0.2, 0.25) is 5.91 Å². The molecule has 5 rings (SSSR count). The molecular weight excluding hydrogens is 534 g/mol. The summed E-state index contributed by atoms with van der Waals surface area (Å²) in [6.07, 6.45) is 0.216. The average molecular weight is 560 g/mol. The van der Waals surface area contributed by atoms with E-state index < -0.39 is 0 Å². The van der Waals surface area contributed by atoms with Gasteiger partial charge in [0.15, 0.2) is 0 Å². The molecule has 0 saturated carbocycles. The molecule has 0 radical (unpaired) electrons. The number of amides is 1. The molecule has 0 aliphatic carbocycles. The van der Waals surface area contributed by atoms with E-state index in [-0.39, 0.29) is 24.2 Å². The summed E-state index contributed by atoms with van der Waals surface area (Å²) in [4.78, 5) is 29.0. The van der Waals surface area contributed by atoms with Crippen LogP contribution < -0.4 is 9.64 Å². The van der Waals surface area contributed by atoms with E-state index in [0.29, 0.717) is 52.7 Å². The molecule has 2 heterocycles. The third-order valence-electron chi connectivity index (χ3n) is 6.64. The SMILES string of the molecule is CCOC(=O)c1ccc(N2CSC3=C(C#N)C(c4ccc(OCc5ccc(Cl)cc5)cc4)CC(=O)N3C2)cc1. The lowest BCUT2D eigenvalue weighted by molar-refractivity contribution is -0.129. The fourth-order valence-corrected chi connectivity index (χ4v) is 5.87. The number of thioether (sulfide) groups is 1. The molecule has 3 aromatic carbocycles. The predicted molar refractivity (Wildman–Crippen MR) is 151 cm³/mol. The third-order valence-corrected chi connectivity index (χ3v) is 8.04. The van der Waals surface area contributed by atoms with Crippen LogP contribution >= 0.6 is 23.4 Å². The molecule has 1 saturated heterocycles. The summed E-state index contributed by atoms with van der Waals surface area (Å²) in [5.41, 5.74) is 3.89. The van der Waals surface area contributed by atoms with Crippen molar-refractivity contribution in [3.8, 4) is 11.8 Å². The van der Waals surface area contributed by atoms with Crippen molar-refractivity contribution in [1.82, 2.24) is 4.90 Å². The second-order valence-corrected chi connectivity index (χ2v) is 10.5. The number of anilines is 1. The molecule has 3 aromatic rings. The van der Waals surface area contributed by atoms with E-state index in [1.165, 1.54) is 11.8 Å². The van der Waals surface area contributed by atoms with Crippen LogP contribution in [0.25, 0.3) is 0 Å². The number of allylic oxidation sites excluding steroid dienone is 1. The summed E-state index contributed by atoms with van der Waals surface area (Å²) < 4.78 is 10.9. The zero-order chi connectivity index (χ0) is 27.4. The van der Waals surface area contributed by atoms with Gasteiger partial charge in [0.1, 0.15) is 12.4 Å². The maximum atomic E-state index is 13.3. The van der Waals surface area contributed by atoms with Crippen molar-refractivity contribution in [1.29, 1.82) is 5.26 Å². The van der Waals surface area contributed by atoms with Gasteiger partial charge >= 0.3 is 5.97 Å². The largest absolute Gasteiger partial charge is 0.489 e. The molecule has 0 bridgehead atoms. The number of nitriles is 1. The Morgan fingerprint density at radius 1 is 1.08 bits per heavy atom. The fourth-order valence-electron chi connectivity index (χ4n) is 4.58. The van der Waals surface area contributed by atoms with E-state index >= 15 is 0 Å². The monoisotopic (exact) mass is 559 g/mol. The van der Waals surface area contributed by atoms with Crippen molar-refractivity contribution in [2.24, 2.45) is 0 Å². The second-order valence-electron chi connectivity index (χ2n) is 9.12. The summed E-state index contributed by atoms with van der Waals surface area (Å²) in [6.45, 7) is 2.85. The molecule has 9 heteroatoms. The van der Waals surface area contributed by atoms with Gasteiger partial charge in [-0.15, -0.1) is 0 Å². The highest BCUT2D eigenvalue weighted by atomic mass is 35.5. The lowest BCUT2D eigenvalue weighted by Gasteiger charge is -2.42. The molecule has 39 heavy (non-hydrogen) atoms. The summed E-state index contributed by atoms with van der Waals surface area (Å²) in [5.74, 6) is 0.590. The number of nitrogens with zero attached hydrogens (tertiary/aromatic N) is 3. The summed E-state index contributed by atoms with van der Waals surface area (Å²) in [5, 5.41) is 11.5. The van der Waals surface area contributed by atoms with Crippen LogP contribution in [0, 0.1) is 11.3 Å². The smallest absolute Gasteiger partial charge is 0.338 e. The molecule has 0 aromatic heterocycles. The van der Waals surface area contributed by atoms with Crippen LogP contribution in [0.3, 0.4) is 0 Å². The zero-order valence-corrected chi connectivity index (χ0v) is 22.9. The number of hydrogen-bond acceptors (Lipinski definition) is 7. The van der Waals surface area contributed by atoms with Crippen molar-refractivity contribution in [3.05, 3.63) is 105 Å². The first-order valence-corrected chi connectivity index (χ1v) is 13.9. The van der Waals surface area contributed by atoms with Crippen LogP contribution in [0.4, 0.5) is 5.69 Å². The van der Waals surface area contributed by atoms with Crippen LogP contribution in [0.1, 0.15) is 40.7 Å². The van der Waals surface area contributed by atoms with Crippen LogP contribution in [0.15, 0.2) is 83.4 Å². The van der Waals surface area contributed by atoms with Crippen molar-refractivity contribution in [3.63, 3.8) is 0 Å². The van der Waals surface area contributed by atoms with Crippen molar-refractivity contribution < 1.29 is 19.1 Å². The normalized spacial score (nSPS) is 16.9. The first-order valence-electron chi connectivity index (χ1n) is 12.5. The van der Waals surface area contributed by atoms with E-state index in [1.54, 1.807) is 24.0 Å². The molecule has 0 N–H and O–H groups in total. The van der Waals surface area contributed by atoms with E-state index in [1.807, 2.05) is 65.6 Å². The van der Waals surface area contributed by atoms with E-state index in [0.717, 1.165) is 16.8 Å². The molecule has 2 aliphatic heterocycles. The summed E-state index contributed by atoms with van der Waals surface area (Å²) >= 11 is 7.42. The van der Waals surface area contributed by atoms with Gasteiger partial charge in [-0.1, -0.05) is 47.6 Å². The summed E-state index contributed by atoms with van der Waals surface area (Å²) in [6, 6.07) is 24.6. The highest BCUT2D eigenvalue weighted by molar-refractivity contribution is 8.03. The van der Waals surface area contributed by atoms with Crippen LogP contribution in [-0.4, -0.2) is 35.9 Å². The Labute approximate surface area is 236 Å². The minimum atomic E-state index is -0.362. The van der Waals surface area contributed by atoms with Crippen molar-refractivity contribution >= 4 is 40.9 Å². The molecule has 1 amide bonds. The maximum absolute atomic E-state index is 13.3. The number of esters is 1. The lowest BCUT2D eigenvalue weighted by Crippen LogP contribution is -2.47. The number of carbonyl (C=O) groups excluding carboxylic acids is 2. The van der Waals surface area contributed by atoms with Gasteiger partial charge in [-0.2, -0.15) is 5.26 Å². The van der Waals surface area contributed by atoms with Crippen LogP contribution in [-0.2, 0) is 16.1 Å². The highest BCUT2D eigenvalue weighted by Crippen LogP contribution is 2.43. The topological polar surface area (TPSA) is 82.9 Å². The third kappa shape index (κ3) is 5.90. The number of halogens is 1. The predicted octanol–water partition coefficient (Wildman–Crippen LogP) is 6.32. The molecule has 1 fully saturated rings. The van der Waals surface area contributed by atoms with Crippen LogP contribution in [0.5, 0.6) is 5.75 Å². The standard InChI is InChI=1S/C30H26ClN3O4S/c1-2-37-30(36)22-5-11-24(12-6-22)33-18-34-28(35)15-26(27(16-32)29(34)39-19-33)21-7-13-25(14-8-21)38-17-20-3-9-23(31)10-4-20/h3-14,26H,2,15,17-19H2,1H3. The molecule has 2 aliphatic rings. The Morgan fingerprint density at radius 3 is 2.46 bits per heavy atom. The van der Waals surface area contributed by atoms with Gasteiger partial charge in [0.25, 0.3) is 0 Å². The van der Waals surface area contributed by atoms with E-state index in [4.69, 9.17) is 21.1 Å². The second kappa shape index (κ2) is 11.9. The van der Waals surface area contributed by atoms with E-state index in [2.05, 4.69) is 6.07 Å². The molecular formula is C30H26ClN3O4S. The minimum Gasteiger partial charge on any atom is -0.489 e. The Balaban J connectivity index is 1.28. The van der Waals surface area contributed by atoms with Gasteiger partial charge in [0, 0.05) is 23.0 Å². The van der Waals surface area contributed by atoms with Crippen molar-refractivity contribution in [2.75, 3.05) is 24.1 Å². The Kier molecular flexibility index (Phi) is 8.10. The number of hydrogen-bond donors (Lipinski definition) is 0. The Bertz CT molecular complexity index is 1430. The first-order chi connectivity index (χ1) is 19.0. The van der Waals surface area contributed by atoms with Gasteiger partial charge in [-0.3, -0.25) is 9.69 Å². The molecule has 1 unspecified atom stereocenters. The fraction of sp³-hybridized carbons (Fsp3) is 0.233. The number of ether oxygens (including phenoxy) is 2. The number of rotatable bonds is 7. The first kappa shape index (κ1) is 26.7. The molecule has 1 atom stereocenters. The quantitative estimate of drug-likeness (QED) is 0.313. The average Bonchev–Trinajstić information content (AvgIpc) is 2.97. The van der Waals surface area contributed by atoms with Gasteiger partial charge in [-0.25, -0.2) is 4.79 Å². The summed E-state index contributed by atoms with van der Waals surface area (Å²) in [7, 11) is 0. The minimum absolute atomic E-state index is 0.0302. The van der Waals surface area contributed by atoms with Crippen molar-refractivity contribution in [2.45, 2.75) is 25.9 Å². The number of benzene rings is 3. The van der Waals surface area contributed by atoms with Gasteiger partial charge in [-0.05, 0) is 66.6 Å².